The summed E-state index contributed by atoms with van der Waals surface area (Å²) in [6.07, 6.45) is 0.741. The van der Waals surface area contributed by atoms with Crippen molar-refractivity contribution < 1.29 is 14.1 Å². The highest BCUT2D eigenvalue weighted by Gasteiger charge is 2.27. The highest BCUT2D eigenvalue weighted by atomic mass is 19.1. The molecule has 104 valence electrons. The van der Waals surface area contributed by atoms with E-state index in [2.05, 4.69) is 0 Å². The predicted molar refractivity (Wildman–Crippen MR) is 69.5 cm³/mol. The lowest BCUT2D eigenvalue weighted by atomic mass is 9.99. The Labute approximate surface area is 111 Å². The first-order chi connectivity index (χ1) is 8.70. The average Bonchev–Trinajstić information content (AvgIpc) is 2.36. The zero-order valence-corrected chi connectivity index (χ0v) is 11.4. The van der Waals surface area contributed by atoms with Crippen LogP contribution in [0, 0.1) is 15.9 Å². The third-order valence-electron chi connectivity index (χ3n) is 3.47. The maximum atomic E-state index is 13.5. The van der Waals surface area contributed by atoms with Crippen molar-refractivity contribution >= 4 is 11.6 Å². The number of benzene rings is 1. The Morgan fingerprint density at radius 2 is 2.05 bits per heavy atom. The van der Waals surface area contributed by atoms with Gasteiger partial charge in [0.2, 0.25) is 5.82 Å². The van der Waals surface area contributed by atoms with E-state index in [9.17, 15) is 19.3 Å². The molecule has 5 nitrogen and oxygen atoms in total. The summed E-state index contributed by atoms with van der Waals surface area (Å²) in [5.74, 6) is -1.36. The molecule has 19 heavy (non-hydrogen) atoms. The van der Waals surface area contributed by atoms with Crippen LogP contribution in [0.4, 0.5) is 10.1 Å². The topological polar surface area (TPSA) is 63.5 Å². The number of carbonyl (C=O) groups excluding carboxylic acids is 1. The summed E-state index contributed by atoms with van der Waals surface area (Å²) in [5.41, 5.74) is -0.893. The van der Waals surface area contributed by atoms with E-state index in [-0.39, 0.29) is 17.0 Å². The lowest BCUT2D eigenvalue weighted by Crippen LogP contribution is -2.44. The minimum atomic E-state index is -1.00. The molecular formula is C13H17FN2O3. The van der Waals surface area contributed by atoms with E-state index in [1.165, 1.54) is 11.0 Å². The van der Waals surface area contributed by atoms with Crippen molar-refractivity contribution in [2.24, 2.45) is 0 Å². The molecule has 1 amide bonds. The molecule has 0 saturated carbocycles. The quantitative estimate of drug-likeness (QED) is 0.623. The van der Waals surface area contributed by atoms with Gasteiger partial charge < -0.3 is 4.90 Å². The van der Waals surface area contributed by atoms with E-state index in [4.69, 9.17) is 0 Å². The number of carbonyl (C=O) groups is 1. The van der Waals surface area contributed by atoms with Gasteiger partial charge in [0.05, 0.1) is 4.92 Å². The summed E-state index contributed by atoms with van der Waals surface area (Å²) in [6.45, 7) is 5.74. The highest BCUT2D eigenvalue weighted by molar-refractivity contribution is 5.94. The molecule has 0 bridgehead atoms. The summed E-state index contributed by atoms with van der Waals surface area (Å²) < 4.78 is 13.5. The first kappa shape index (κ1) is 15.1. The third-order valence-corrected chi connectivity index (χ3v) is 3.47. The number of hydrogen-bond donors (Lipinski definition) is 0. The largest absolute Gasteiger partial charge is 0.337 e. The molecule has 1 aromatic carbocycles. The van der Waals surface area contributed by atoms with Crippen LogP contribution in [0.1, 0.15) is 37.6 Å². The van der Waals surface area contributed by atoms with Gasteiger partial charge in [0, 0.05) is 24.2 Å². The van der Waals surface area contributed by atoms with E-state index in [1.807, 2.05) is 20.8 Å². The molecule has 6 heteroatoms. The van der Waals surface area contributed by atoms with Gasteiger partial charge in [-0.15, -0.1) is 0 Å². The van der Waals surface area contributed by atoms with Gasteiger partial charge >= 0.3 is 5.69 Å². The molecule has 0 radical (unpaired) electrons. The fraction of sp³-hybridized carbons (Fsp3) is 0.462. The Hall–Kier alpha value is -1.98. The Morgan fingerprint density at radius 1 is 1.47 bits per heavy atom. The fourth-order valence-electron chi connectivity index (χ4n) is 1.49. The highest BCUT2D eigenvalue weighted by Crippen LogP contribution is 2.22. The Kier molecular flexibility index (Phi) is 4.24. The molecule has 0 aliphatic heterocycles. The van der Waals surface area contributed by atoms with Crippen molar-refractivity contribution in [3.8, 4) is 0 Å². The molecule has 0 N–H and O–H groups in total. The van der Waals surface area contributed by atoms with Crippen molar-refractivity contribution in [2.75, 3.05) is 7.05 Å². The van der Waals surface area contributed by atoms with Crippen molar-refractivity contribution in [3.63, 3.8) is 0 Å². The van der Waals surface area contributed by atoms with Crippen LogP contribution in [-0.2, 0) is 0 Å². The zero-order chi connectivity index (χ0) is 14.8. The van der Waals surface area contributed by atoms with Gasteiger partial charge in [-0.3, -0.25) is 14.9 Å². The van der Waals surface area contributed by atoms with Gasteiger partial charge in [0.25, 0.3) is 5.91 Å². The van der Waals surface area contributed by atoms with Crippen LogP contribution in [0.25, 0.3) is 0 Å². The van der Waals surface area contributed by atoms with E-state index in [0.29, 0.717) is 0 Å². The standard InChI is InChI=1S/C13H17FN2O3/c1-5-13(2,3)15(4)12(17)9-6-7-11(16(18)19)10(14)8-9/h6-8H,5H2,1-4H3. The Balaban J connectivity index is 3.08. The molecule has 0 atom stereocenters. The minimum absolute atomic E-state index is 0.104. The second-order valence-electron chi connectivity index (χ2n) is 4.95. The molecule has 0 heterocycles. The summed E-state index contributed by atoms with van der Waals surface area (Å²) in [6, 6.07) is 3.18. The first-order valence-corrected chi connectivity index (χ1v) is 5.92. The second kappa shape index (κ2) is 5.34. The third kappa shape index (κ3) is 3.07. The van der Waals surface area contributed by atoms with E-state index >= 15 is 0 Å². The van der Waals surface area contributed by atoms with Crippen LogP contribution in [-0.4, -0.2) is 28.3 Å². The molecule has 1 rings (SSSR count). The number of hydrogen-bond acceptors (Lipinski definition) is 3. The molecular weight excluding hydrogens is 251 g/mol. The van der Waals surface area contributed by atoms with Crippen LogP contribution in [0.5, 0.6) is 0 Å². The molecule has 0 fully saturated rings. The van der Waals surface area contributed by atoms with Crippen LogP contribution < -0.4 is 0 Å². The maximum Gasteiger partial charge on any atom is 0.304 e. The number of nitro groups is 1. The number of nitrogens with zero attached hydrogens (tertiary/aromatic N) is 2. The van der Waals surface area contributed by atoms with Crippen LogP contribution >= 0.6 is 0 Å². The number of amides is 1. The predicted octanol–water partition coefficient (Wildman–Crippen LogP) is 2.99. The van der Waals surface area contributed by atoms with Crippen molar-refractivity contribution in [1.82, 2.24) is 4.90 Å². The smallest absolute Gasteiger partial charge is 0.304 e. The summed E-state index contributed by atoms with van der Waals surface area (Å²) in [5, 5.41) is 10.5. The minimum Gasteiger partial charge on any atom is -0.337 e. The van der Waals surface area contributed by atoms with Gasteiger partial charge in [-0.25, -0.2) is 0 Å². The molecule has 0 aliphatic carbocycles. The lowest BCUT2D eigenvalue weighted by molar-refractivity contribution is -0.387. The van der Waals surface area contributed by atoms with Crippen molar-refractivity contribution in [2.45, 2.75) is 32.7 Å². The molecule has 0 saturated heterocycles. The number of nitro benzene ring substituents is 1. The molecule has 0 unspecified atom stereocenters. The van der Waals surface area contributed by atoms with Gasteiger partial charge in [0.1, 0.15) is 0 Å². The van der Waals surface area contributed by atoms with Crippen molar-refractivity contribution in [1.29, 1.82) is 0 Å². The summed E-state index contributed by atoms with van der Waals surface area (Å²) in [4.78, 5) is 23.4. The normalized spacial score (nSPS) is 11.2. The zero-order valence-electron chi connectivity index (χ0n) is 11.4. The van der Waals surface area contributed by atoms with Gasteiger partial charge in [-0.1, -0.05) is 6.92 Å². The number of halogens is 1. The van der Waals surface area contributed by atoms with Gasteiger partial charge in [-0.2, -0.15) is 4.39 Å². The van der Waals surface area contributed by atoms with Gasteiger partial charge in [-0.05, 0) is 32.4 Å². The van der Waals surface area contributed by atoms with Crippen LogP contribution in [0.2, 0.25) is 0 Å². The van der Waals surface area contributed by atoms with E-state index in [1.54, 1.807) is 7.05 Å². The lowest BCUT2D eigenvalue weighted by Gasteiger charge is -2.34. The van der Waals surface area contributed by atoms with Crippen LogP contribution in [0.3, 0.4) is 0 Å². The number of rotatable bonds is 4. The molecule has 0 aliphatic rings. The maximum absolute atomic E-state index is 13.5. The Morgan fingerprint density at radius 3 is 2.47 bits per heavy atom. The average molecular weight is 268 g/mol. The van der Waals surface area contributed by atoms with E-state index in [0.717, 1.165) is 18.6 Å². The SMILES string of the molecule is CCC(C)(C)N(C)C(=O)c1ccc([N+](=O)[O-])c(F)c1. The molecule has 0 spiro atoms. The van der Waals surface area contributed by atoms with Crippen LogP contribution in [0.15, 0.2) is 18.2 Å². The summed E-state index contributed by atoms with van der Waals surface area (Å²) >= 11 is 0. The molecule has 1 aromatic rings. The monoisotopic (exact) mass is 268 g/mol. The first-order valence-electron chi connectivity index (χ1n) is 5.92. The van der Waals surface area contributed by atoms with E-state index < -0.39 is 16.4 Å². The Bertz CT molecular complexity index is 515. The van der Waals surface area contributed by atoms with Crippen molar-refractivity contribution in [3.05, 3.63) is 39.7 Å². The molecule has 0 aromatic heterocycles. The summed E-state index contributed by atoms with van der Waals surface area (Å²) in [7, 11) is 1.63. The second-order valence-corrected chi connectivity index (χ2v) is 4.95. The van der Waals surface area contributed by atoms with Gasteiger partial charge in [0.15, 0.2) is 0 Å². The fourth-order valence-corrected chi connectivity index (χ4v) is 1.49.